The molecule has 0 aromatic heterocycles. The Balaban J connectivity index is 1.73. The van der Waals surface area contributed by atoms with Gasteiger partial charge in [-0.2, -0.15) is 0 Å². The quantitative estimate of drug-likeness (QED) is 0.0879. The highest BCUT2D eigenvalue weighted by molar-refractivity contribution is 6.30. The zero-order valence-corrected chi connectivity index (χ0v) is 23.5. The summed E-state index contributed by atoms with van der Waals surface area (Å²) in [5.41, 5.74) is 12.5. The molecular formula is C31H33N3O10. The normalized spacial score (nSPS) is 22.7. The number of carbonyl (C=O) groups is 2. The summed E-state index contributed by atoms with van der Waals surface area (Å²) in [4.78, 5) is 32.0. The molecule has 0 amide bonds. The number of phenols is 1. The van der Waals surface area contributed by atoms with Crippen molar-refractivity contribution in [1.82, 2.24) is 0 Å². The van der Waals surface area contributed by atoms with Gasteiger partial charge in [0.05, 0.1) is 25.3 Å². The highest BCUT2D eigenvalue weighted by Crippen LogP contribution is 2.46. The molecule has 0 spiro atoms. The van der Waals surface area contributed by atoms with Crippen LogP contribution in [0.1, 0.15) is 54.1 Å². The topological polar surface area (TPSA) is 238 Å². The number of aryl methyl sites for hydroxylation is 1. The van der Waals surface area contributed by atoms with Gasteiger partial charge in [-0.05, 0) is 41.7 Å². The van der Waals surface area contributed by atoms with E-state index >= 15 is 0 Å². The van der Waals surface area contributed by atoms with Crippen molar-refractivity contribution < 1.29 is 49.7 Å². The minimum atomic E-state index is -1.85. The average molecular weight is 608 g/mol. The molecule has 0 radical (unpaired) electrons. The number of hydrogen-bond donors (Lipinski definition) is 8. The first-order valence-corrected chi connectivity index (χ1v) is 13.9. The Morgan fingerprint density at radius 2 is 1.55 bits per heavy atom. The van der Waals surface area contributed by atoms with Crippen LogP contribution < -0.4 is 16.2 Å². The van der Waals surface area contributed by atoms with Crippen LogP contribution in [0.15, 0.2) is 53.5 Å². The van der Waals surface area contributed by atoms with Crippen LogP contribution >= 0.6 is 0 Å². The van der Waals surface area contributed by atoms with Crippen molar-refractivity contribution in [3.05, 3.63) is 93.0 Å². The third-order valence-corrected chi connectivity index (χ3v) is 7.86. The number of aliphatic hydroxyl groups excluding tert-OH is 5. The summed E-state index contributed by atoms with van der Waals surface area (Å²) in [5.74, 6) is -2.75. The number of phenolic OH excluding ortho intramolecular Hbond substituents is 1. The number of nitrogens with zero attached hydrogens (tertiary/aromatic N) is 1. The summed E-state index contributed by atoms with van der Waals surface area (Å²) >= 11 is 0. The maximum absolute atomic E-state index is 14.0. The number of guanidine groups is 1. The third kappa shape index (κ3) is 5.64. The van der Waals surface area contributed by atoms with E-state index in [2.05, 4.69) is 4.99 Å². The van der Waals surface area contributed by atoms with Crippen molar-refractivity contribution in [2.45, 2.75) is 56.7 Å². The SMILES string of the molecule is NC(N)=NCc1c(CCc2ccccc2)c2c(c(O)c1OC1OC(CO)C(O)C(O)C1O)C(=O)c1cc(CO)ccc1C2=O. The Bertz CT molecular complexity index is 1600. The zero-order chi connectivity index (χ0) is 31.7. The van der Waals surface area contributed by atoms with E-state index in [0.717, 1.165) is 5.56 Å². The number of nitrogens with two attached hydrogens (primary N) is 2. The highest BCUT2D eigenvalue weighted by Gasteiger charge is 2.46. The van der Waals surface area contributed by atoms with Crippen molar-refractivity contribution in [2.24, 2.45) is 16.5 Å². The molecule has 5 rings (SSSR count). The summed E-state index contributed by atoms with van der Waals surface area (Å²) in [6, 6.07) is 13.6. The van der Waals surface area contributed by atoms with E-state index < -0.39 is 67.0 Å². The third-order valence-electron chi connectivity index (χ3n) is 7.86. The summed E-state index contributed by atoms with van der Waals surface area (Å²) < 4.78 is 11.4. The predicted molar refractivity (Wildman–Crippen MR) is 155 cm³/mol. The van der Waals surface area contributed by atoms with Crippen LogP contribution in [-0.4, -0.2) is 85.5 Å². The molecule has 0 bridgehead atoms. The van der Waals surface area contributed by atoms with E-state index in [1.54, 1.807) is 0 Å². The Labute approximate surface area is 251 Å². The van der Waals surface area contributed by atoms with Gasteiger partial charge in [-0.25, -0.2) is 4.99 Å². The van der Waals surface area contributed by atoms with Gasteiger partial charge in [-0.3, -0.25) is 9.59 Å². The van der Waals surface area contributed by atoms with Crippen LogP contribution in [0.3, 0.4) is 0 Å². The summed E-state index contributed by atoms with van der Waals surface area (Å²) in [6.07, 6.45) is -7.83. The molecule has 3 aromatic rings. The molecular weight excluding hydrogens is 574 g/mol. The largest absolute Gasteiger partial charge is 0.504 e. The maximum Gasteiger partial charge on any atom is 0.229 e. The fourth-order valence-electron chi connectivity index (χ4n) is 5.57. The molecule has 44 heavy (non-hydrogen) atoms. The molecule has 5 atom stereocenters. The van der Waals surface area contributed by atoms with Crippen molar-refractivity contribution in [3.8, 4) is 11.5 Å². The maximum atomic E-state index is 14.0. The minimum absolute atomic E-state index is 0.0332. The lowest BCUT2D eigenvalue weighted by molar-refractivity contribution is -0.277. The van der Waals surface area contributed by atoms with Crippen molar-refractivity contribution in [2.75, 3.05) is 6.61 Å². The zero-order valence-electron chi connectivity index (χ0n) is 23.5. The monoisotopic (exact) mass is 607 g/mol. The lowest BCUT2D eigenvalue weighted by Crippen LogP contribution is -2.60. The van der Waals surface area contributed by atoms with Gasteiger partial charge >= 0.3 is 0 Å². The van der Waals surface area contributed by atoms with E-state index in [-0.39, 0.29) is 46.7 Å². The summed E-state index contributed by atoms with van der Waals surface area (Å²) in [7, 11) is 0. The van der Waals surface area contributed by atoms with Gasteiger partial charge in [0.1, 0.15) is 24.4 Å². The summed E-state index contributed by atoms with van der Waals surface area (Å²) in [5, 5.41) is 62.2. The van der Waals surface area contributed by atoms with Crippen LogP contribution in [0.4, 0.5) is 0 Å². The van der Waals surface area contributed by atoms with Crippen LogP contribution in [0.5, 0.6) is 11.5 Å². The van der Waals surface area contributed by atoms with E-state index in [4.69, 9.17) is 20.9 Å². The molecule has 13 heteroatoms. The molecule has 3 aromatic carbocycles. The Morgan fingerprint density at radius 1 is 0.841 bits per heavy atom. The van der Waals surface area contributed by atoms with E-state index in [0.29, 0.717) is 17.5 Å². The number of fused-ring (bicyclic) bond motifs is 2. The molecule has 1 aliphatic heterocycles. The smallest absolute Gasteiger partial charge is 0.229 e. The van der Waals surface area contributed by atoms with E-state index in [1.165, 1.54) is 18.2 Å². The van der Waals surface area contributed by atoms with E-state index in [1.807, 2.05) is 30.3 Å². The number of ether oxygens (including phenoxy) is 2. The number of aliphatic imine (C=N–C) groups is 1. The van der Waals surface area contributed by atoms with Crippen LogP contribution in [-0.2, 0) is 30.7 Å². The molecule has 0 saturated carbocycles. The molecule has 13 nitrogen and oxygen atoms in total. The van der Waals surface area contributed by atoms with Gasteiger partial charge in [0, 0.05) is 22.3 Å². The Hall–Kier alpha value is -4.37. The van der Waals surface area contributed by atoms with Gasteiger partial charge in [-0.1, -0.05) is 36.4 Å². The molecule has 1 fully saturated rings. The molecule has 1 aliphatic carbocycles. The van der Waals surface area contributed by atoms with Gasteiger partial charge in [0.2, 0.25) is 6.29 Å². The molecule has 10 N–H and O–H groups in total. The van der Waals surface area contributed by atoms with Crippen molar-refractivity contribution in [3.63, 3.8) is 0 Å². The van der Waals surface area contributed by atoms with Gasteiger partial charge < -0.3 is 51.6 Å². The van der Waals surface area contributed by atoms with Crippen molar-refractivity contribution in [1.29, 1.82) is 0 Å². The number of aliphatic hydroxyl groups is 5. The minimum Gasteiger partial charge on any atom is -0.504 e. The lowest BCUT2D eigenvalue weighted by atomic mass is 9.77. The Kier molecular flexibility index (Phi) is 8.97. The second-order valence-electron chi connectivity index (χ2n) is 10.6. The predicted octanol–water partition coefficient (Wildman–Crippen LogP) is -0.603. The molecule has 1 heterocycles. The number of carbonyl (C=O) groups excluding carboxylic acids is 2. The second-order valence-corrected chi connectivity index (χ2v) is 10.6. The van der Waals surface area contributed by atoms with Crippen LogP contribution in [0.25, 0.3) is 0 Å². The van der Waals surface area contributed by atoms with Crippen LogP contribution in [0.2, 0.25) is 0 Å². The number of aromatic hydroxyl groups is 1. The number of ketones is 2. The number of hydrogen-bond acceptors (Lipinski definition) is 11. The molecule has 5 unspecified atom stereocenters. The first kappa shape index (κ1) is 31.1. The Morgan fingerprint density at radius 3 is 2.20 bits per heavy atom. The number of benzene rings is 3. The van der Waals surface area contributed by atoms with E-state index in [9.17, 15) is 40.2 Å². The van der Waals surface area contributed by atoms with Gasteiger partial charge in [0.15, 0.2) is 29.0 Å². The summed E-state index contributed by atoms with van der Waals surface area (Å²) in [6.45, 7) is -1.45. The highest BCUT2D eigenvalue weighted by atomic mass is 16.7. The fraction of sp³-hybridized carbons (Fsp3) is 0.323. The lowest BCUT2D eigenvalue weighted by Gasteiger charge is -2.40. The average Bonchev–Trinajstić information content (AvgIpc) is 3.03. The number of rotatable bonds is 9. The van der Waals surface area contributed by atoms with Crippen molar-refractivity contribution >= 4 is 17.5 Å². The first-order valence-electron chi connectivity index (χ1n) is 13.9. The van der Waals surface area contributed by atoms with Crippen LogP contribution in [0, 0.1) is 0 Å². The standard InChI is InChI=1S/C31H33N3O10/c32-31(33)34-11-19-16(8-6-14-4-2-1-3-5-14)21-22(24(38)18-10-15(12-35)7-9-17(18)23(21)37)26(40)29(19)44-30-28(42)27(41)25(39)20(13-36)43-30/h1-5,7,9-10,20,25,27-28,30,35-36,39-42H,6,8,11-13H2,(H4,32,33,34). The molecule has 2 aliphatic rings. The van der Waals surface area contributed by atoms with Gasteiger partial charge in [-0.15, -0.1) is 0 Å². The molecule has 1 saturated heterocycles. The fourth-order valence-corrected chi connectivity index (χ4v) is 5.57. The second kappa shape index (κ2) is 12.7. The first-order chi connectivity index (χ1) is 21.1. The molecule has 232 valence electrons. The van der Waals surface area contributed by atoms with Gasteiger partial charge in [0.25, 0.3) is 0 Å².